The summed E-state index contributed by atoms with van der Waals surface area (Å²) < 4.78 is 6.23. The number of rotatable bonds is 3. The maximum absolute atomic E-state index is 12.1. The summed E-state index contributed by atoms with van der Waals surface area (Å²) in [6.45, 7) is 2.83. The normalized spacial score (nSPS) is 25.6. The number of carbonyl (C=O) groups excluding carboxylic acids is 1. The van der Waals surface area contributed by atoms with Crippen LogP contribution in [0.3, 0.4) is 0 Å². The molecule has 0 bridgehead atoms. The van der Waals surface area contributed by atoms with Gasteiger partial charge in [-0.05, 0) is 49.8 Å². The summed E-state index contributed by atoms with van der Waals surface area (Å²) in [4.78, 5) is 21.4. The average molecular weight is 378 g/mol. The van der Waals surface area contributed by atoms with Crippen molar-refractivity contribution in [3.63, 3.8) is 0 Å². The number of nitriles is 1. The minimum Gasteiger partial charge on any atom is -0.473 e. The number of hydrogen-bond acceptors (Lipinski definition) is 5. The van der Waals surface area contributed by atoms with Gasteiger partial charge in [-0.15, -0.1) is 0 Å². The molecule has 4 aliphatic rings. The lowest BCUT2D eigenvalue weighted by Gasteiger charge is -2.41. The lowest BCUT2D eigenvalue weighted by molar-refractivity contribution is -0.129. The molecule has 1 saturated heterocycles. The second kappa shape index (κ2) is 7.21. The number of pyridine rings is 1. The minimum absolute atomic E-state index is 0.000570. The molecule has 1 unspecified atom stereocenters. The zero-order valence-corrected chi connectivity index (χ0v) is 16.1. The Morgan fingerprint density at radius 3 is 2.71 bits per heavy atom. The SMILES string of the molecule is N#Cc1cc2c(nc1OC1CCN(C3CCC3)CC1)CCN1C(=O)C=CCC21. The second-order valence-electron chi connectivity index (χ2n) is 8.36. The van der Waals surface area contributed by atoms with E-state index in [0.717, 1.165) is 49.7 Å². The van der Waals surface area contributed by atoms with E-state index >= 15 is 0 Å². The average Bonchev–Trinajstić information content (AvgIpc) is 2.67. The predicted molar refractivity (Wildman–Crippen MR) is 104 cm³/mol. The van der Waals surface area contributed by atoms with Crippen molar-refractivity contribution in [2.75, 3.05) is 19.6 Å². The van der Waals surface area contributed by atoms with Crippen molar-refractivity contribution in [3.05, 3.63) is 35.0 Å². The molecule has 2 fully saturated rings. The van der Waals surface area contributed by atoms with Crippen molar-refractivity contribution in [1.82, 2.24) is 14.8 Å². The van der Waals surface area contributed by atoms with Gasteiger partial charge >= 0.3 is 0 Å². The Kier molecular flexibility index (Phi) is 4.56. The van der Waals surface area contributed by atoms with Gasteiger partial charge in [0.05, 0.1) is 11.7 Å². The number of carbonyl (C=O) groups is 1. The quantitative estimate of drug-likeness (QED) is 0.809. The van der Waals surface area contributed by atoms with Crippen LogP contribution in [0.1, 0.15) is 61.4 Å². The predicted octanol–water partition coefficient (Wildman–Crippen LogP) is 2.73. The largest absolute Gasteiger partial charge is 0.473 e. The van der Waals surface area contributed by atoms with Gasteiger partial charge in [-0.1, -0.05) is 12.5 Å². The first-order valence-corrected chi connectivity index (χ1v) is 10.5. The molecule has 1 aliphatic carbocycles. The molecule has 3 aliphatic heterocycles. The number of piperidine rings is 1. The molecule has 1 aromatic heterocycles. The Bertz CT molecular complexity index is 847. The zero-order valence-electron chi connectivity index (χ0n) is 16.1. The highest BCUT2D eigenvalue weighted by Crippen LogP contribution is 2.37. The molecule has 1 saturated carbocycles. The molecule has 0 radical (unpaired) electrons. The Morgan fingerprint density at radius 2 is 2.00 bits per heavy atom. The van der Waals surface area contributed by atoms with Gasteiger partial charge in [0.2, 0.25) is 11.8 Å². The molecule has 1 atom stereocenters. The van der Waals surface area contributed by atoms with Crippen molar-refractivity contribution in [1.29, 1.82) is 5.26 Å². The Morgan fingerprint density at radius 1 is 1.18 bits per heavy atom. The number of ether oxygens (including phenoxy) is 1. The van der Waals surface area contributed by atoms with Crippen LogP contribution in [0.4, 0.5) is 0 Å². The van der Waals surface area contributed by atoms with E-state index in [2.05, 4.69) is 11.0 Å². The van der Waals surface area contributed by atoms with Gasteiger partial charge in [0.15, 0.2) is 0 Å². The van der Waals surface area contributed by atoms with Crippen LogP contribution in [0.15, 0.2) is 18.2 Å². The van der Waals surface area contributed by atoms with Gasteiger partial charge in [-0.2, -0.15) is 5.26 Å². The molecule has 146 valence electrons. The number of aromatic nitrogens is 1. The molecule has 28 heavy (non-hydrogen) atoms. The summed E-state index contributed by atoms with van der Waals surface area (Å²) >= 11 is 0. The van der Waals surface area contributed by atoms with Crippen LogP contribution < -0.4 is 4.74 Å². The van der Waals surface area contributed by atoms with Crippen molar-refractivity contribution < 1.29 is 9.53 Å². The van der Waals surface area contributed by atoms with Crippen LogP contribution >= 0.6 is 0 Å². The third-order valence-electron chi connectivity index (χ3n) is 6.79. The van der Waals surface area contributed by atoms with Crippen molar-refractivity contribution >= 4 is 5.91 Å². The molecule has 4 heterocycles. The Balaban J connectivity index is 1.33. The van der Waals surface area contributed by atoms with Crippen LogP contribution in [0, 0.1) is 11.3 Å². The molecule has 1 amide bonds. The lowest BCUT2D eigenvalue weighted by Crippen LogP contribution is -2.47. The van der Waals surface area contributed by atoms with Gasteiger partial charge < -0.3 is 14.5 Å². The molecule has 6 heteroatoms. The van der Waals surface area contributed by atoms with Crippen LogP contribution in [-0.2, 0) is 11.2 Å². The Hall–Kier alpha value is -2.39. The minimum atomic E-state index is 0.000570. The topological polar surface area (TPSA) is 69.5 Å². The van der Waals surface area contributed by atoms with Crippen LogP contribution in [0.25, 0.3) is 0 Å². The number of likely N-dealkylation sites (tertiary alicyclic amines) is 1. The first kappa shape index (κ1) is 17.7. The summed E-state index contributed by atoms with van der Waals surface area (Å²) in [6.07, 6.45) is 11.2. The van der Waals surface area contributed by atoms with E-state index in [1.54, 1.807) is 6.08 Å². The lowest BCUT2D eigenvalue weighted by atomic mass is 9.89. The molecule has 5 rings (SSSR count). The van der Waals surface area contributed by atoms with E-state index in [-0.39, 0.29) is 18.1 Å². The third kappa shape index (κ3) is 3.08. The highest BCUT2D eigenvalue weighted by Gasteiger charge is 2.34. The molecular formula is C22H26N4O2. The van der Waals surface area contributed by atoms with Crippen molar-refractivity contribution in [2.45, 2.75) is 63.1 Å². The number of fused-ring (bicyclic) bond motifs is 3. The Labute approximate surface area is 165 Å². The van der Waals surface area contributed by atoms with Crippen molar-refractivity contribution in [2.24, 2.45) is 0 Å². The summed E-state index contributed by atoms with van der Waals surface area (Å²) in [6, 6.07) is 4.96. The van der Waals surface area contributed by atoms with E-state index < -0.39 is 0 Å². The van der Waals surface area contributed by atoms with Crippen LogP contribution in [0.5, 0.6) is 5.88 Å². The van der Waals surface area contributed by atoms with Gasteiger partial charge in [0, 0.05) is 32.1 Å². The molecular weight excluding hydrogens is 352 g/mol. The first-order chi connectivity index (χ1) is 13.7. The molecule has 0 aromatic carbocycles. The summed E-state index contributed by atoms with van der Waals surface area (Å²) in [5.41, 5.74) is 2.47. The van der Waals surface area contributed by atoms with Gasteiger partial charge in [0.1, 0.15) is 17.7 Å². The third-order valence-corrected chi connectivity index (χ3v) is 6.79. The zero-order chi connectivity index (χ0) is 19.1. The van der Waals surface area contributed by atoms with E-state index in [9.17, 15) is 10.1 Å². The smallest absolute Gasteiger partial charge is 0.246 e. The fourth-order valence-corrected chi connectivity index (χ4v) is 4.94. The monoisotopic (exact) mass is 378 g/mol. The second-order valence-corrected chi connectivity index (χ2v) is 8.36. The maximum Gasteiger partial charge on any atom is 0.246 e. The highest BCUT2D eigenvalue weighted by molar-refractivity contribution is 5.89. The summed E-state index contributed by atoms with van der Waals surface area (Å²) in [7, 11) is 0. The summed E-state index contributed by atoms with van der Waals surface area (Å²) in [5.74, 6) is 0.536. The molecule has 6 nitrogen and oxygen atoms in total. The maximum atomic E-state index is 12.1. The van der Waals surface area contributed by atoms with E-state index in [1.807, 2.05) is 17.0 Å². The van der Waals surface area contributed by atoms with E-state index in [0.29, 0.717) is 24.4 Å². The van der Waals surface area contributed by atoms with Gasteiger partial charge in [0.25, 0.3) is 0 Å². The van der Waals surface area contributed by atoms with Crippen LogP contribution in [-0.4, -0.2) is 52.5 Å². The number of hydrogen-bond donors (Lipinski definition) is 0. The fraction of sp³-hybridized carbons (Fsp3) is 0.591. The van der Waals surface area contributed by atoms with E-state index in [4.69, 9.17) is 9.72 Å². The van der Waals surface area contributed by atoms with Crippen LogP contribution in [0.2, 0.25) is 0 Å². The van der Waals surface area contributed by atoms with Crippen molar-refractivity contribution in [3.8, 4) is 11.9 Å². The molecule has 0 spiro atoms. The van der Waals surface area contributed by atoms with Gasteiger partial charge in [-0.25, -0.2) is 4.98 Å². The number of amides is 1. The van der Waals surface area contributed by atoms with Gasteiger partial charge in [-0.3, -0.25) is 4.79 Å². The fourth-order valence-electron chi connectivity index (χ4n) is 4.94. The molecule has 0 N–H and O–H groups in total. The standard InChI is InChI=1S/C22H26N4O2/c23-14-15-13-18-19(9-12-26-20(18)5-2-6-21(26)27)24-22(15)28-17-7-10-25(11-8-17)16-3-1-4-16/h2,6,13,16-17,20H,1,3-5,7-12H2. The summed E-state index contributed by atoms with van der Waals surface area (Å²) in [5, 5.41) is 9.68. The van der Waals surface area contributed by atoms with E-state index in [1.165, 1.54) is 19.3 Å². The highest BCUT2D eigenvalue weighted by atomic mass is 16.5. The first-order valence-electron chi connectivity index (χ1n) is 10.5. The molecule has 1 aromatic rings. The number of nitrogens with zero attached hydrogens (tertiary/aromatic N) is 4.